The normalized spacial score (nSPS) is 30.5. The Balaban J connectivity index is 1.83. The summed E-state index contributed by atoms with van der Waals surface area (Å²) < 4.78 is 6.68. The molecule has 26 heavy (non-hydrogen) atoms. The summed E-state index contributed by atoms with van der Waals surface area (Å²) in [7, 11) is 0. The van der Waals surface area contributed by atoms with Gasteiger partial charge in [0.05, 0.1) is 17.4 Å². The van der Waals surface area contributed by atoms with Crippen LogP contribution in [0.2, 0.25) is 0 Å². The number of hydrogen-bond donors (Lipinski definition) is 4. The van der Waals surface area contributed by atoms with Crippen LogP contribution >= 0.6 is 11.8 Å². The number of aromatic amines is 1. The Kier molecular flexibility index (Phi) is 4.49. The lowest BCUT2D eigenvalue weighted by atomic mass is 10.0. The van der Waals surface area contributed by atoms with E-state index in [1.807, 2.05) is 30.3 Å². The van der Waals surface area contributed by atoms with E-state index in [2.05, 4.69) is 4.98 Å². The number of hydrogen-bond acceptors (Lipinski definition) is 7. The van der Waals surface area contributed by atoms with Crippen molar-refractivity contribution in [3.05, 3.63) is 68.0 Å². The highest BCUT2D eigenvalue weighted by atomic mass is 32.2. The van der Waals surface area contributed by atoms with E-state index in [0.29, 0.717) is 17.0 Å². The molecule has 4 rings (SSSR count). The van der Waals surface area contributed by atoms with Gasteiger partial charge in [0, 0.05) is 11.4 Å². The number of H-pyrrole nitrogens is 1. The first-order valence-electron chi connectivity index (χ1n) is 8.19. The van der Waals surface area contributed by atoms with Crippen molar-refractivity contribution in [1.82, 2.24) is 9.55 Å². The Morgan fingerprint density at radius 3 is 2.58 bits per heavy atom. The van der Waals surface area contributed by atoms with Gasteiger partial charge >= 0.3 is 5.69 Å². The molecule has 1 saturated heterocycles. The number of rotatable bonds is 3. The molecule has 138 valence electrons. The molecule has 0 bridgehead atoms. The summed E-state index contributed by atoms with van der Waals surface area (Å²) in [6.45, 7) is -0.490. The summed E-state index contributed by atoms with van der Waals surface area (Å²) in [5.41, 5.74) is 0.670. The molecule has 1 aromatic carbocycles. The molecule has 2 aliphatic rings. The van der Waals surface area contributed by atoms with Crippen LogP contribution in [0.15, 0.2) is 39.9 Å². The molecular weight excluding hydrogens is 360 g/mol. The fourth-order valence-corrected chi connectivity index (χ4v) is 4.90. The highest BCUT2D eigenvalue weighted by molar-refractivity contribution is 7.99. The molecule has 0 aliphatic carbocycles. The van der Waals surface area contributed by atoms with Gasteiger partial charge in [-0.3, -0.25) is 14.3 Å². The molecule has 8 nitrogen and oxygen atoms in total. The Labute approximate surface area is 152 Å². The summed E-state index contributed by atoms with van der Waals surface area (Å²) in [5, 5.41) is 29.3. The first-order chi connectivity index (χ1) is 12.5. The molecule has 0 saturated carbocycles. The summed E-state index contributed by atoms with van der Waals surface area (Å²) in [6.07, 6.45) is -4.88. The SMILES string of the molecule is O=c1[nH]c(=O)n([C@@H]2O[C@H](CO)[C@@H](O)[C@H]2O)c2c1C(c1ccccc1)SC2. The van der Waals surface area contributed by atoms with Gasteiger partial charge in [0.15, 0.2) is 6.23 Å². The fourth-order valence-electron chi connectivity index (χ4n) is 3.52. The van der Waals surface area contributed by atoms with Gasteiger partial charge in [-0.1, -0.05) is 30.3 Å². The molecule has 1 unspecified atom stereocenters. The zero-order chi connectivity index (χ0) is 18.4. The molecule has 2 aromatic rings. The predicted octanol–water partition coefficient (Wildman–Crippen LogP) is -0.516. The van der Waals surface area contributed by atoms with Crippen LogP contribution in [0.1, 0.15) is 28.3 Å². The molecule has 0 spiro atoms. The highest BCUT2D eigenvalue weighted by Crippen LogP contribution is 2.44. The van der Waals surface area contributed by atoms with Gasteiger partial charge in [0.1, 0.15) is 18.3 Å². The van der Waals surface area contributed by atoms with Crippen LogP contribution in [0, 0.1) is 0 Å². The largest absolute Gasteiger partial charge is 0.394 e. The first-order valence-corrected chi connectivity index (χ1v) is 9.24. The third kappa shape index (κ3) is 2.63. The number of aliphatic hydroxyl groups excluding tert-OH is 3. The lowest BCUT2D eigenvalue weighted by Crippen LogP contribution is -2.40. The van der Waals surface area contributed by atoms with E-state index < -0.39 is 42.4 Å². The molecule has 9 heteroatoms. The van der Waals surface area contributed by atoms with Gasteiger partial charge < -0.3 is 20.1 Å². The van der Waals surface area contributed by atoms with Crippen LogP contribution in [0.4, 0.5) is 0 Å². The average molecular weight is 378 g/mol. The van der Waals surface area contributed by atoms with E-state index >= 15 is 0 Å². The van der Waals surface area contributed by atoms with Gasteiger partial charge in [-0.15, -0.1) is 11.8 Å². The second kappa shape index (κ2) is 6.67. The van der Waals surface area contributed by atoms with Crippen molar-refractivity contribution >= 4 is 11.8 Å². The minimum atomic E-state index is -1.39. The Hall–Kier alpha value is -1.91. The van der Waals surface area contributed by atoms with Gasteiger partial charge in [-0.05, 0) is 5.56 Å². The lowest BCUT2D eigenvalue weighted by molar-refractivity contribution is -0.0560. The van der Waals surface area contributed by atoms with E-state index in [1.54, 1.807) is 0 Å². The number of ether oxygens (including phenoxy) is 1. The standard InChI is InChI=1S/C17H18N2O6S/c20-6-10-12(21)13(22)16(25-10)19-9-7-26-14(8-4-2-1-3-5-8)11(9)15(23)18-17(19)24/h1-5,10,12-14,16,20-22H,6-7H2,(H,18,23,24)/t10-,12-,13-,14?,16-/m1/s1. The zero-order valence-electron chi connectivity index (χ0n) is 13.6. The van der Waals surface area contributed by atoms with Gasteiger partial charge in [0.2, 0.25) is 0 Å². The average Bonchev–Trinajstić information content (AvgIpc) is 3.20. The minimum absolute atomic E-state index is 0.237. The number of aromatic nitrogens is 2. The maximum absolute atomic E-state index is 12.5. The van der Waals surface area contributed by atoms with Crippen molar-refractivity contribution < 1.29 is 20.1 Å². The number of aliphatic hydroxyl groups is 3. The van der Waals surface area contributed by atoms with Gasteiger partial charge in [0.25, 0.3) is 5.56 Å². The third-order valence-corrected chi connectivity index (χ3v) is 6.09. The Bertz CT molecular complexity index is 927. The highest BCUT2D eigenvalue weighted by Gasteiger charge is 2.45. The van der Waals surface area contributed by atoms with Crippen molar-refractivity contribution in [2.45, 2.75) is 35.5 Å². The second-order valence-corrected chi connectivity index (χ2v) is 7.41. The Morgan fingerprint density at radius 1 is 1.19 bits per heavy atom. The van der Waals surface area contributed by atoms with E-state index in [9.17, 15) is 24.9 Å². The van der Waals surface area contributed by atoms with Crippen LogP contribution < -0.4 is 11.2 Å². The summed E-state index contributed by atoms with van der Waals surface area (Å²) >= 11 is 1.50. The van der Waals surface area contributed by atoms with Crippen molar-refractivity contribution in [2.75, 3.05) is 6.61 Å². The van der Waals surface area contributed by atoms with Crippen molar-refractivity contribution in [3.8, 4) is 0 Å². The molecule has 0 radical (unpaired) electrons. The Morgan fingerprint density at radius 2 is 1.92 bits per heavy atom. The van der Waals surface area contributed by atoms with Crippen molar-refractivity contribution in [1.29, 1.82) is 0 Å². The monoisotopic (exact) mass is 378 g/mol. The second-order valence-electron chi connectivity index (χ2n) is 6.32. The fraction of sp³-hybridized carbons (Fsp3) is 0.412. The number of nitrogens with one attached hydrogen (secondary N) is 1. The number of thioether (sulfide) groups is 1. The molecule has 4 N–H and O–H groups in total. The number of nitrogens with zero attached hydrogens (tertiary/aromatic N) is 1. The zero-order valence-corrected chi connectivity index (χ0v) is 14.4. The van der Waals surface area contributed by atoms with Crippen LogP contribution in [-0.2, 0) is 10.5 Å². The van der Waals surface area contributed by atoms with Gasteiger partial charge in [-0.25, -0.2) is 4.79 Å². The first kappa shape index (κ1) is 17.5. The summed E-state index contributed by atoms with van der Waals surface area (Å²) in [6, 6.07) is 9.46. The number of fused-ring (bicyclic) bond motifs is 1. The topological polar surface area (TPSA) is 125 Å². The maximum Gasteiger partial charge on any atom is 0.330 e. The molecule has 3 heterocycles. The van der Waals surface area contributed by atoms with E-state index in [0.717, 1.165) is 5.56 Å². The van der Waals surface area contributed by atoms with Crippen molar-refractivity contribution in [2.24, 2.45) is 0 Å². The summed E-state index contributed by atoms with van der Waals surface area (Å²) in [4.78, 5) is 27.2. The van der Waals surface area contributed by atoms with Gasteiger partial charge in [-0.2, -0.15) is 0 Å². The van der Waals surface area contributed by atoms with Crippen LogP contribution in [0.5, 0.6) is 0 Å². The summed E-state index contributed by atoms with van der Waals surface area (Å²) in [5.74, 6) is 0.389. The van der Waals surface area contributed by atoms with E-state index in [1.165, 1.54) is 16.3 Å². The molecule has 5 atom stereocenters. The quantitative estimate of drug-likeness (QED) is 0.567. The minimum Gasteiger partial charge on any atom is -0.394 e. The molecule has 0 amide bonds. The van der Waals surface area contributed by atoms with Crippen LogP contribution in [0.3, 0.4) is 0 Å². The van der Waals surface area contributed by atoms with Crippen molar-refractivity contribution in [3.63, 3.8) is 0 Å². The lowest BCUT2D eigenvalue weighted by Gasteiger charge is -2.21. The molecule has 2 aliphatic heterocycles. The van der Waals surface area contributed by atoms with E-state index in [-0.39, 0.29) is 5.25 Å². The molecule has 1 fully saturated rings. The van der Waals surface area contributed by atoms with Crippen LogP contribution in [0.25, 0.3) is 0 Å². The number of benzene rings is 1. The third-order valence-electron chi connectivity index (χ3n) is 4.81. The smallest absolute Gasteiger partial charge is 0.330 e. The molecule has 1 aromatic heterocycles. The van der Waals surface area contributed by atoms with Crippen LogP contribution in [-0.4, -0.2) is 49.8 Å². The molecular formula is C17H18N2O6S. The van der Waals surface area contributed by atoms with E-state index in [4.69, 9.17) is 4.74 Å². The predicted molar refractivity (Wildman–Crippen MR) is 93.9 cm³/mol. The maximum atomic E-state index is 12.5.